The van der Waals surface area contributed by atoms with Crippen LogP contribution in [0.5, 0.6) is 0 Å². The molecule has 1 amide bonds. The lowest BCUT2D eigenvalue weighted by Gasteiger charge is -2.27. The number of hydrogen-bond donors (Lipinski definition) is 0. The van der Waals surface area contributed by atoms with Gasteiger partial charge in [-0.15, -0.1) is 5.10 Å². The van der Waals surface area contributed by atoms with E-state index >= 15 is 0 Å². The zero-order valence-electron chi connectivity index (χ0n) is 15.4. The van der Waals surface area contributed by atoms with E-state index in [9.17, 15) is 9.59 Å². The van der Waals surface area contributed by atoms with Crippen molar-refractivity contribution >= 4 is 11.7 Å². The van der Waals surface area contributed by atoms with Gasteiger partial charge in [0.15, 0.2) is 5.82 Å². The molecule has 1 saturated heterocycles. The number of amides is 1. The van der Waals surface area contributed by atoms with E-state index in [4.69, 9.17) is 4.74 Å². The fourth-order valence-corrected chi connectivity index (χ4v) is 3.28. The van der Waals surface area contributed by atoms with Gasteiger partial charge in [0, 0.05) is 37.0 Å². The van der Waals surface area contributed by atoms with Gasteiger partial charge in [0.1, 0.15) is 0 Å². The molecule has 8 heteroatoms. The minimum absolute atomic E-state index is 0.0506. The van der Waals surface area contributed by atoms with Crippen LogP contribution >= 0.6 is 0 Å². The molecule has 8 nitrogen and oxygen atoms in total. The summed E-state index contributed by atoms with van der Waals surface area (Å²) < 4.78 is 8.38. The summed E-state index contributed by atoms with van der Waals surface area (Å²) in [4.78, 5) is 31.9. The molecule has 0 atom stereocenters. The molecule has 3 aromatic rings. The van der Waals surface area contributed by atoms with Crippen molar-refractivity contribution in [3.05, 3.63) is 51.9 Å². The molecule has 4 rings (SSSR count). The quantitative estimate of drug-likeness (QED) is 0.684. The molecule has 0 N–H and O–H groups in total. The molecule has 0 bridgehead atoms. The molecule has 0 aliphatic carbocycles. The highest BCUT2D eigenvalue weighted by molar-refractivity contribution is 5.79. The second-order valence-corrected chi connectivity index (χ2v) is 6.61. The zero-order chi connectivity index (χ0) is 19.0. The van der Waals surface area contributed by atoms with Gasteiger partial charge in [0.2, 0.25) is 11.7 Å². The van der Waals surface area contributed by atoms with Crippen molar-refractivity contribution in [2.75, 3.05) is 26.3 Å². The van der Waals surface area contributed by atoms with Crippen LogP contribution in [0, 0.1) is 6.92 Å². The minimum atomic E-state index is -0.295. The van der Waals surface area contributed by atoms with Gasteiger partial charge in [-0.1, -0.05) is 30.3 Å². The smallest absolute Gasteiger partial charge is 0.279 e. The molecule has 3 heterocycles. The maximum atomic E-state index is 13.0. The summed E-state index contributed by atoms with van der Waals surface area (Å²) in [5.74, 6) is 0.875. The van der Waals surface area contributed by atoms with Gasteiger partial charge in [-0.2, -0.15) is 9.50 Å². The molecule has 0 unspecified atom stereocenters. The Bertz CT molecular complexity index is 1050. The van der Waals surface area contributed by atoms with Gasteiger partial charge in [-0.25, -0.2) is 0 Å². The van der Waals surface area contributed by atoms with Crippen molar-refractivity contribution in [1.82, 2.24) is 24.1 Å². The molecule has 1 aliphatic rings. The Hall–Kier alpha value is -3.00. The molecule has 0 radical (unpaired) electrons. The van der Waals surface area contributed by atoms with Crippen molar-refractivity contribution in [3.8, 4) is 11.4 Å². The third-order valence-electron chi connectivity index (χ3n) is 5.00. The highest BCUT2D eigenvalue weighted by atomic mass is 16.5. The third kappa shape index (κ3) is 3.12. The molecular formula is C19H21N5O3. The number of nitrogens with zero attached hydrogens (tertiary/aromatic N) is 5. The lowest BCUT2D eigenvalue weighted by atomic mass is 10.1. The first-order chi connectivity index (χ1) is 13.1. The van der Waals surface area contributed by atoms with Gasteiger partial charge in [-0.05, 0) is 6.92 Å². The van der Waals surface area contributed by atoms with E-state index in [2.05, 4.69) is 10.1 Å². The number of hydrogen-bond acceptors (Lipinski definition) is 5. The van der Waals surface area contributed by atoms with E-state index in [1.54, 1.807) is 4.90 Å². The van der Waals surface area contributed by atoms with E-state index in [0.29, 0.717) is 43.5 Å². The number of aromatic nitrogens is 4. The zero-order valence-corrected chi connectivity index (χ0v) is 15.4. The lowest BCUT2D eigenvalue weighted by molar-refractivity contribution is -0.134. The van der Waals surface area contributed by atoms with Gasteiger partial charge >= 0.3 is 0 Å². The molecule has 140 valence electrons. The molecule has 27 heavy (non-hydrogen) atoms. The summed E-state index contributed by atoms with van der Waals surface area (Å²) in [5, 5.41) is 4.39. The van der Waals surface area contributed by atoms with Crippen molar-refractivity contribution in [3.63, 3.8) is 0 Å². The summed E-state index contributed by atoms with van der Waals surface area (Å²) in [5.41, 5.74) is 1.72. The van der Waals surface area contributed by atoms with Crippen LogP contribution < -0.4 is 5.56 Å². The van der Waals surface area contributed by atoms with Crippen LogP contribution in [-0.4, -0.2) is 56.3 Å². The molecule has 1 fully saturated rings. The van der Waals surface area contributed by atoms with E-state index in [-0.39, 0.29) is 17.9 Å². The van der Waals surface area contributed by atoms with Crippen LogP contribution in [0.25, 0.3) is 17.2 Å². The number of benzene rings is 1. The number of morpholine rings is 1. The Labute approximate surface area is 156 Å². The van der Waals surface area contributed by atoms with Crippen LogP contribution in [-0.2, 0) is 23.0 Å². The first kappa shape index (κ1) is 17.4. The van der Waals surface area contributed by atoms with Crippen LogP contribution in [0.3, 0.4) is 0 Å². The predicted molar refractivity (Wildman–Crippen MR) is 99.5 cm³/mol. The van der Waals surface area contributed by atoms with Gasteiger partial charge in [0.05, 0.1) is 19.6 Å². The Morgan fingerprint density at radius 1 is 1.19 bits per heavy atom. The van der Waals surface area contributed by atoms with Crippen molar-refractivity contribution in [2.24, 2.45) is 7.05 Å². The van der Waals surface area contributed by atoms with Crippen LogP contribution in [0.1, 0.15) is 11.3 Å². The first-order valence-corrected chi connectivity index (χ1v) is 8.92. The molecule has 0 saturated carbocycles. The summed E-state index contributed by atoms with van der Waals surface area (Å²) in [6, 6.07) is 9.51. The number of rotatable bonds is 3. The largest absolute Gasteiger partial charge is 0.378 e. The number of carbonyl (C=O) groups excluding carboxylic acids is 1. The third-order valence-corrected chi connectivity index (χ3v) is 5.00. The van der Waals surface area contributed by atoms with E-state index < -0.39 is 0 Å². The standard InChI is InChI=1S/C19H21N5O3/c1-13-15(12-16(25)23-8-10-27-11-9-23)18(26)24-19(22(13)2)20-17(21-24)14-6-4-3-5-7-14/h3-7H,8-12H2,1-2H3. The normalized spacial score (nSPS) is 14.7. The van der Waals surface area contributed by atoms with Crippen molar-refractivity contribution < 1.29 is 9.53 Å². The second-order valence-electron chi connectivity index (χ2n) is 6.61. The highest BCUT2D eigenvalue weighted by Gasteiger charge is 2.22. The first-order valence-electron chi connectivity index (χ1n) is 8.92. The Balaban J connectivity index is 1.75. The number of aryl methyl sites for hydroxylation is 1. The average Bonchev–Trinajstić information content (AvgIpc) is 3.16. The predicted octanol–water partition coefficient (Wildman–Crippen LogP) is 0.805. The minimum Gasteiger partial charge on any atom is -0.378 e. The molecule has 2 aromatic heterocycles. The number of carbonyl (C=O) groups is 1. The van der Waals surface area contributed by atoms with E-state index in [0.717, 1.165) is 11.3 Å². The summed E-state index contributed by atoms with van der Waals surface area (Å²) in [7, 11) is 1.83. The van der Waals surface area contributed by atoms with Gasteiger partial charge in [0.25, 0.3) is 5.56 Å². The second kappa shape index (κ2) is 6.96. The lowest BCUT2D eigenvalue weighted by Crippen LogP contribution is -2.42. The molecule has 1 aliphatic heterocycles. The number of ether oxygens (including phenoxy) is 1. The SMILES string of the molecule is Cc1c(CC(=O)N2CCOCC2)c(=O)n2nc(-c3ccccc3)nc2n1C. The van der Waals surface area contributed by atoms with E-state index in [1.165, 1.54) is 4.52 Å². The molecular weight excluding hydrogens is 346 g/mol. The van der Waals surface area contributed by atoms with Crippen LogP contribution in [0.4, 0.5) is 0 Å². The highest BCUT2D eigenvalue weighted by Crippen LogP contribution is 2.16. The summed E-state index contributed by atoms with van der Waals surface area (Å²) in [6.07, 6.45) is 0.0506. The molecule has 1 aromatic carbocycles. The van der Waals surface area contributed by atoms with Crippen molar-refractivity contribution in [1.29, 1.82) is 0 Å². The van der Waals surface area contributed by atoms with Gasteiger partial charge < -0.3 is 14.2 Å². The van der Waals surface area contributed by atoms with Crippen molar-refractivity contribution in [2.45, 2.75) is 13.3 Å². The van der Waals surface area contributed by atoms with Crippen LogP contribution in [0.15, 0.2) is 35.1 Å². The Kier molecular flexibility index (Phi) is 4.49. The van der Waals surface area contributed by atoms with Gasteiger partial charge in [-0.3, -0.25) is 9.59 Å². The summed E-state index contributed by atoms with van der Waals surface area (Å²) >= 11 is 0. The van der Waals surface area contributed by atoms with E-state index in [1.807, 2.05) is 48.9 Å². The monoisotopic (exact) mass is 367 g/mol. The number of fused-ring (bicyclic) bond motifs is 1. The van der Waals surface area contributed by atoms with Crippen LogP contribution in [0.2, 0.25) is 0 Å². The fourth-order valence-electron chi connectivity index (χ4n) is 3.28. The average molecular weight is 367 g/mol. The topological polar surface area (TPSA) is 81.7 Å². The maximum absolute atomic E-state index is 13.0. The maximum Gasteiger partial charge on any atom is 0.279 e. The Morgan fingerprint density at radius 2 is 1.89 bits per heavy atom. The molecule has 0 spiro atoms. The summed E-state index contributed by atoms with van der Waals surface area (Å²) in [6.45, 7) is 4.01. The Morgan fingerprint density at radius 3 is 2.59 bits per heavy atom. The fraction of sp³-hybridized carbons (Fsp3) is 0.368.